The van der Waals surface area contributed by atoms with Crippen LogP contribution in [0.25, 0.3) is 0 Å². The molecule has 0 aliphatic rings. The number of carbonyl (C=O) groups is 1. The Morgan fingerprint density at radius 3 is 2.55 bits per heavy atom. The summed E-state index contributed by atoms with van der Waals surface area (Å²) in [6.45, 7) is 0.296. The van der Waals surface area contributed by atoms with Crippen molar-refractivity contribution in [3.05, 3.63) is 70.0 Å². The Bertz CT molecular complexity index is 617. The van der Waals surface area contributed by atoms with Crippen LogP contribution in [0.3, 0.4) is 0 Å². The summed E-state index contributed by atoms with van der Waals surface area (Å²) in [4.78, 5) is 25.7. The molecule has 7 heteroatoms. The van der Waals surface area contributed by atoms with E-state index in [0.29, 0.717) is 18.6 Å². The molecule has 0 aliphatic carbocycles. The molecule has 0 N–H and O–H groups in total. The molecule has 6 nitrogen and oxygen atoms in total. The van der Waals surface area contributed by atoms with E-state index in [9.17, 15) is 14.9 Å². The van der Waals surface area contributed by atoms with E-state index in [2.05, 4.69) is 4.98 Å². The first kappa shape index (κ1) is 17.6. The number of nitrogens with zero attached hydrogens (tertiary/aromatic N) is 2. The summed E-state index contributed by atoms with van der Waals surface area (Å²) in [7, 11) is 0. The van der Waals surface area contributed by atoms with E-state index >= 15 is 0 Å². The molecule has 116 valence electrons. The highest BCUT2D eigenvalue weighted by Crippen LogP contribution is 2.12. The van der Waals surface area contributed by atoms with Crippen LogP contribution in [0.4, 0.5) is 5.69 Å². The van der Waals surface area contributed by atoms with Gasteiger partial charge in [0.05, 0.1) is 17.1 Å². The zero-order valence-corrected chi connectivity index (χ0v) is 12.5. The number of ether oxygens (including phenoxy) is 1. The van der Waals surface area contributed by atoms with Crippen molar-refractivity contribution >= 4 is 24.1 Å². The largest absolute Gasteiger partial charge is 0.462 e. The third kappa shape index (κ3) is 5.14. The first-order valence-corrected chi connectivity index (χ1v) is 6.47. The zero-order valence-electron chi connectivity index (χ0n) is 11.7. The number of aromatic nitrogens is 1. The molecule has 0 radical (unpaired) electrons. The van der Waals surface area contributed by atoms with E-state index in [1.807, 2.05) is 12.1 Å². The standard InChI is InChI=1S/C15H14N2O4.ClH/c18-15(13-5-7-14(8-6-13)17(19)20)21-10-2-4-12-3-1-9-16-11-12;/h1,3,5-9,11H,2,4,10H2;1H. The van der Waals surface area contributed by atoms with Crippen molar-refractivity contribution in [2.24, 2.45) is 0 Å². The predicted octanol–water partition coefficient (Wildman–Crippen LogP) is 3.20. The van der Waals surface area contributed by atoms with Crippen molar-refractivity contribution < 1.29 is 14.5 Å². The Hall–Kier alpha value is -2.47. The van der Waals surface area contributed by atoms with Crippen LogP contribution in [-0.2, 0) is 11.2 Å². The topological polar surface area (TPSA) is 82.3 Å². The third-order valence-electron chi connectivity index (χ3n) is 2.88. The molecule has 22 heavy (non-hydrogen) atoms. The number of benzene rings is 1. The molecule has 0 saturated carbocycles. The minimum atomic E-state index is -0.511. The highest BCUT2D eigenvalue weighted by molar-refractivity contribution is 5.89. The lowest BCUT2D eigenvalue weighted by Gasteiger charge is -2.04. The van der Waals surface area contributed by atoms with Gasteiger partial charge in [0, 0.05) is 24.5 Å². The minimum absolute atomic E-state index is 0. The number of pyridine rings is 1. The van der Waals surface area contributed by atoms with E-state index in [4.69, 9.17) is 4.74 Å². The van der Waals surface area contributed by atoms with Gasteiger partial charge in [0.1, 0.15) is 0 Å². The number of hydrogen-bond acceptors (Lipinski definition) is 5. The van der Waals surface area contributed by atoms with Crippen molar-refractivity contribution in [1.82, 2.24) is 4.98 Å². The lowest BCUT2D eigenvalue weighted by molar-refractivity contribution is -0.384. The third-order valence-corrected chi connectivity index (χ3v) is 2.88. The summed E-state index contributed by atoms with van der Waals surface area (Å²) >= 11 is 0. The molecule has 0 bridgehead atoms. The number of halogens is 1. The molecule has 1 heterocycles. The molecule has 1 aromatic carbocycles. The van der Waals surface area contributed by atoms with Crippen molar-refractivity contribution in [2.75, 3.05) is 6.61 Å². The Balaban J connectivity index is 0.00000242. The lowest BCUT2D eigenvalue weighted by atomic mass is 10.2. The predicted molar refractivity (Wildman–Crippen MR) is 83.2 cm³/mol. The van der Waals surface area contributed by atoms with Gasteiger partial charge < -0.3 is 4.74 Å². The zero-order chi connectivity index (χ0) is 15.1. The highest BCUT2D eigenvalue weighted by Gasteiger charge is 2.10. The smallest absolute Gasteiger partial charge is 0.338 e. The lowest BCUT2D eigenvalue weighted by Crippen LogP contribution is -2.07. The molecular formula is C15H15ClN2O4. The maximum Gasteiger partial charge on any atom is 0.338 e. The van der Waals surface area contributed by atoms with Crippen LogP contribution in [0, 0.1) is 10.1 Å². The monoisotopic (exact) mass is 322 g/mol. The minimum Gasteiger partial charge on any atom is -0.462 e. The second kappa shape index (κ2) is 8.74. The average Bonchev–Trinajstić information content (AvgIpc) is 2.52. The van der Waals surface area contributed by atoms with Gasteiger partial charge in [-0.1, -0.05) is 6.07 Å². The quantitative estimate of drug-likeness (QED) is 0.353. The van der Waals surface area contributed by atoms with Crippen molar-refractivity contribution in [3.8, 4) is 0 Å². The van der Waals surface area contributed by atoms with Gasteiger partial charge in [-0.25, -0.2) is 4.79 Å². The fourth-order valence-corrected chi connectivity index (χ4v) is 1.79. The van der Waals surface area contributed by atoms with E-state index in [1.54, 1.807) is 12.4 Å². The Labute approximate surface area is 133 Å². The second-order valence-corrected chi connectivity index (χ2v) is 4.40. The molecular weight excluding hydrogens is 308 g/mol. The maximum absolute atomic E-state index is 11.7. The van der Waals surface area contributed by atoms with Gasteiger partial charge in [-0.15, -0.1) is 12.4 Å². The van der Waals surface area contributed by atoms with Crippen LogP contribution in [0.1, 0.15) is 22.3 Å². The van der Waals surface area contributed by atoms with Gasteiger partial charge in [-0.3, -0.25) is 15.1 Å². The van der Waals surface area contributed by atoms with Gasteiger partial charge >= 0.3 is 5.97 Å². The Kier molecular flexibility index (Phi) is 6.98. The van der Waals surface area contributed by atoms with Gasteiger partial charge in [0.2, 0.25) is 0 Å². The Morgan fingerprint density at radius 2 is 1.95 bits per heavy atom. The molecule has 0 aliphatic heterocycles. The summed E-state index contributed by atoms with van der Waals surface area (Å²) < 4.78 is 5.12. The van der Waals surface area contributed by atoms with E-state index in [0.717, 1.165) is 12.0 Å². The number of rotatable bonds is 6. The van der Waals surface area contributed by atoms with Crippen molar-refractivity contribution in [2.45, 2.75) is 12.8 Å². The molecule has 2 rings (SSSR count). The maximum atomic E-state index is 11.7. The van der Waals surface area contributed by atoms with Crippen molar-refractivity contribution in [1.29, 1.82) is 0 Å². The number of aryl methyl sites for hydroxylation is 1. The SMILES string of the molecule is Cl.O=C(OCCCc1cccnc1)c1ccc([N+](=O)[O-])cc1. The highest BCUT2D eigenvalue weighted by atomic mass is 35.5. The molecule has 0 fully saturated rings. The number of nitro groups is 1. The molecule has 0 amide bonds. The first-order chi connectivity index (χ1) is 10.2. The molecule has 0 spiro atoms. The summed E-state index contributed by atoms with van der Waals surface area (Å²) in [6, 6.07) is 9.17. The molecule has 1 aromatic heterocycles. The summed E-state index contributed by atoms with van der Waals surface area (Å²) in [5, 5.41) is 10.5. The van der Waals surface area contributed by atoms with Crippen molar-refractivity contribution in [3.63, 3.8) is 0 Å². The van der Waals surface area contributed by atoms with Gasteiger partial charge in [-0.05, 0) is 36.6 Å². The number of hydrogen-bond donors (Lipinski definition) is 0. The summed E-state index contributed by atoms with van der Waals surface area (Å²) in [5.74, 6) is -0.476. The molecule has 0 unspecified atom stereocenters. The van der Waals surface area contributed by atoms with Crippen LogP contribution in [0.15, 0.2) is 48.8 Å². The van der Waals surface area contributed by atoms with Crippen LogP contribution in [-0.4, -0.2) is 22.5 Å². The van der Waals surface area contributed by atoms with Gasteiger partial charge in [-0.2, -0.15) is 0 Å². The second-order valence-electron chi connectivity index (χ2n) is 4.40. The normalized spacial score (nSPS) is 9.64. The van der Waals surface area contributed by atoms with Crippen LogP contribution >= 0.6 is 12.4 Å². The number of carbonyl (C=O) groups excluding carboxylic acids is 1. The first-order valence-electron chi connectivity index (χ1n) is 6.47. The number of nitro benzene ring substituents is 1. The number of non-ortho nitro benzene ring substituents is 1. The molecule has 0 atom stereocenters. The fraction of sp³-hybridized carbons (Fsp3) is 0.200. The molecule has 2 aromatic rings. The summed E-state index contributed by atoms with van der Waals surface area (Å²) in [6.07, 6.45) is 4.96. The van der Waals surface area contributed by atoms with E-state index < -0.39 is 10.9 Å². The van der Waals surface area contributed by atoms with E-state index in [1.165, 1.54) is 24.3 Å². The number of esters is 1. The van der Waals surface area contributed by atoms with Crippen LogP contribution in [0.5, 0.6) is 0 Å². The summed E-state index contributed by atoms with van der Waals surface area (Å²) in [5.41, 5.74) is 1.34. The van der Waals surface area contributed by atoms with Crippen LogP contribution < -0.4 is 0 Å². The van der Waals surface area contributed by atoms with Crippen LogP contribution in [0.2, 0.25) is 0 Å². The molecule has 0 saturated heterocycles. The Morgan fingerprint density at radius 1 is 1.23 bits per heavy atom. The van der Waals surface area contributed by atoms with Gasteiger partial charge in [0.15, 0.2) is 0 Å². The fourth-order valence-electron chi connectivity index (χ4n) is 1.79. The van der Waals surface area contributed by atoms with E-state index in [-0.39, 0.29) is 18.1 Å². The average molecular weight is 323 g/mol. The van der Waals surface area contributed by atoms with Gasteiger partial charge in [0.25, 0.3) is 5.69 Å².